The molecule has 2 aliphatic heterocycles. The lowest BCUT2D eigenvalue weighted by Crippen LogP contribution is -2.61. The lowest BCUT2D eigenvalue weighted by molar-refractivity contribution is -0.147. The molecule has 6 amide bonds. The number of hydrogen-bond acceptors (Lipinski definition) is 7. The van der Waals surface area contributed by atoms with Crippen LogP contribution in [0.3, 0.4) is 0 Å². The Morgan fingerprint density at radius 1 is 1.07 bits per heavy atom. The maximum Gasteiger partial charge on any atom is 0.410 e. The maximum atomic E-state index is 13.8. The SMILES string of the molecule is C=CCNC(=O)C(=O)C(CCC(F)(F)F)NC(=O)[C@@H]1CCCN1C(=O)[C@@H](NC(=O)N[C@H](CN1CCOC1=O)C(C)C)C(C)(C)C. The van der Waals surface area contributed by atoms with Gasteiger partial charge in [-0.1, -0.05) is 40.7 Å². The molecule has 2 rings (SSSR count). The van der Waals surface area contributed by atoms with Gasteiger partial charge in [0, 0.05) is 26.1 Å². The second kappa shape index (κ2) is 15.9. The molecule has 0 spiro atoms. The van der Waals surface area contributed by atoms with Gasteiger partial charge in [0.2, 0.25) is 17.6 Å². The Morgan fingerprint density at radius 3 is 2.27 bits per heavy atom. The lowest BCUT2D eigenvalue weighted by atomic mass is 9.85. The van der Waals surface area contributed by atoms with Crippen LogP contribution in [-0.2, 0) is 23.9 Å². The molecule has 0 aromatic heterocycles. The van der Waals surface area contributed by atoms with Crippen LogP contribution in [0.5, 0.6) is 0 Å². The molecule has 2 saturated heterocycles. The third-order valence-corrected chi connectivity index (χ3v) is 7.59. The number of halogens is 3. The molecule has 4 atom stereocenters. The summed E-state index contributed by atoms with van der Waals surface area (Å²) in [6.07, 6.45) is -5.59. The second-order valence-electron chi connectivity index (χ2n) is 12.6. The number of alkyl halides is 3. The van der Waals surface area contributed by atoms with Gasteiger partial charge in [0.15, 0.2) is 0 Å². The largest absolute Gasteiger partial charge is 0.448 e. The average molecular weight is 647 g/mol. The molecule has 0 aromatic carbocycles. The molecule has 4 N–H and O–H groups in total. The number of amides is 6. The lowest BCUT2D eigenvalue weighted by Gasteiger charge is -2.36. The molecule has 254 valence electrons. The van der Waals surface area contributed by atoms with Crippen molar-refractivity contribution in [2.45, 2.75) is 90.6 Å². The van der Waals surface area contributed by atoms with Crippen molar-refractivity contribution in [2.24, 2.45) is 11.3 Å². The number of Topliss-reactive ketones (excluding diaryl/α,β-unsaturated/α-hetero) is 1. The van der Waals surface area contributed by atoms with Crippen molar-refractivity contribution in [3.05, 3.63) is 12.7 Å². The summed E-state index contributed by atoms with van der Waals surface area (Å²) in [4.78, 5) is 79.8. The van der Waals surface area contributed by atoms with Gasteiger partial charge in [-0.25, -0.2) is 9.59 Å². The number of ether oxygens (including phenoxy) is 1. The highest BCUT2D eigenvalue weighted by Crippen LogP contribution is 2.27. The molecular weight excluding hydrogens is 601 g/mol. The first-order valence-corrected chi connectivity index (χ1v) is 14.9. The van der Waals surface area contributed by atoms with Crippen molar-refractivity contribution < 1.29 is 46.7 Å². The van der Waals surface area contributed by atoms with Crippen LogP contribution in [-0.4, -0.2) is 109 Å². The summed E-state index contributed by atoms with van der Waals surface area (Å²) < 4.78 is 43.9. The average Bonchev–Trinajstić information content (AvgIpc) is 3.59. The number of cyclic esters (lactones) is 1. The van der Waals surface area contributed by atoms with Crippen molar-refractivity contribution >= 4 is 35.6 Å². The number of likely N-dealkylation sites (tertiary alicyclic amines) is 1. The molecule has 0 radical (unpaired) electrons. The molecule has 0 saturated carbocycles. The zero-order valence-corrected chi connectivity index (χ0v) is 26.4. The predicted molar refractivity (Wildman–Crippen MR) is 157 cm³/mol. The number of hydrogen-bond donors (Lipinski definition) is 4. The number of carbonyl (C=O) groups excluding carboxylic acids is 6. The first-order chi connectivity index (χ1) is 20.9. The number of nitrogens with one attached hydrogen (secondary N) is 4. The van der Waals surface area contributed by atoms with E-state index in [2.05, 4.69) is 27.8 Å². The van der Waals surface area contributed by atoms with Gasteiger partial charge in [0.1, 0.15) is 18.7 Å². The third-order valence-electron chi connectivity index (χ3n) is 7.59. The van der Waals surface area contributed by atoms with Crippen LogP contribution in [0.15, 0.2) is 12.7 Å². The maximum absolute atomic E-state index is 13.8. The molecule has 0 bridgehead atoms. The van der Waals surface area contributed by atoms with E-state index in [0.717, 1.165) is 0 Å². The summed E-state index contributed by atoms with van der Waals surface area (Å²) in [5.74, 6) is -3.98. The molecule has 16 heteroatoms. The predicted octanol–water partition coefficient (Wildman–Crippen LogP) is 1.87. The first kappa shape index (κ1) is 37.3. The topological polar surface area (TPSA) is 166 Å². The molecule has 2 heterocycles. The first-order valence-electron chi connectivity index (χ1n) is 14.9. The van der Waals surface area contributed by atoms with Gasteiger partial charge < -0.3 is 35.8 Å². The fourth-order valence-corrected chi connectivity index (χ4v) is 4.97. The van der Waals surface area contributed by atoms with Gasteiger partial charge in [-0.2, -0.15) is 13.2 Å². The van der Waals surface area contributed by atoms with E-state index >= 15 is 0 Å². The van der Waals surface area contributed by atoms with Gasteiger partial charge in [-0.15, -0.1) is 6.58 Å². The highest BCUT2D eigenvalue weighted by molar-refractivity contribution is 6.38. The smallest absolute Gasteiger partial charge is 0.410 e. The van der Waals surface area contributed by atoms with Gasteiger partial charge in [-0.3, -0.25) is 19.2 Å². The number of ketones is 1. The zero-order chi connectivity index (χ0) is 34.1. The van der Waals surface area contributed by atoms with Crippen LogP contribution < -0.4 is 21.3 Å². The van der Waals surface area contributed by atoms with Crippen molar-refractivity contribution in [3.63, 3.8) is 0 Å². The Kier molecular flexibility index (Phi) is 13.2. The number of rotatable bonds is 14. The Balaban J connectivity index is 2.18. The van der Waals surface area contributed by atoms with Crippen LogP contribution in [0.25, 0.3) is 0 Å². The van der Waals surface area contributed by atoms with E-state index in [1.165, 1.54) is 15.9 Å². The van der Waals surface area contributed by atoms with Gasteiger partial charge >= 0.3 is 18.3 Å². The van der Waals surface area contributed by atoms with E-state index in [0.29, 0.717) is 13.0 Å². The van der Waals surface area contributed by atoms with Gasteiger partial charge in [0.05, 0.1) is 18.6 Å². The Bertz CT molecular complexity index is 1120. The zero-order valence-electron chi connectivity index (χ0n) is 26.4. The summed E-state index contributed by atoms with van der Waals surface area (Å²) >= 11 is 0. The number of nitrogens with zero attached hydrogens (tertiary/aromatic N) is 2. The summed E-state index contributed by atoms with van der Waals surface area (Å²) in [7, 11) is 0. The fraction of sp³-hybridized carbons (Fsp3) is 0.724. The number of carbonyl (C=O) groups is 6. The summed E-state index contributed by atoms with van der Waals surface area (Å²) in [5.41, 5.74) is -0.835. The molecule has 2 aliphatic rings. The van der Waals surface area contributed by atoms with E-state index in [-0.39, 0.29) is 38.6 Å². The minimum Gasteiger partial charge on any atom is -0.448 e. The monoisotopic (exact) mass is 646 g/mol. The molecule has 0 aliphatic carbocycles. The Morgan fingerprint density at radius 2 is 1.73 bits per heavy atom. The van der Waals surface area contributed by atoms with E-state index in [4.69, 9.17) is 4.74 Å². The molecule has 1 unspecified atom stereocenters. The highest BCUT2D eigenvalue weighted by Gasteiger charge is 2.43. The quantitative estimate of drug-likeness (QED) is 0.165. The Hall–Kier alpha value is -3.85. The van der Waals surface area contributed by atoms with Crippen molar-refractivity contribution in [2.75, 3.05) is 32.8 Å². The van der Waals surface area contributed by atoms with Crippen LogP contribution in [0.2, 0.25) is 0 Å². The Labute approximate surface area is 261 Å². The van der Waals surface area contributed by atoms with Crippen LogP contribution in [0.4, 0.5) is 22.8 Å². The van der Waals surface area contributed by atoms with E-state index < -0.39 is 84.2 Å². The van der Waals surface area contributed by atoms with Crippen LogP contribution in [0.1, 0.15) is 60.3 Å². The molecule has 0 aromatic rings. The van der Waals surface area contributed by atoms with Gasteiger partial charge in [0.25, 0.3) is 5.91 Å². The summed E-state index contributed by atoms with van der Waals surface area (Å²) in [5, 5.41) is 9.96. The summed E-state index contributed by atoms with van der Waals surface area (Å²) in [6, 6.07) is -5.17. The van der Waals surface area contributed by atoms with Crippen molar-refractivity contribution in [1.29, 1.82) is 0 Å². The molecule has 45 heavy (non-hydrogen) atoms. The van der Waals surface area contributed by atoms with Crippen LogP contribution in [0, 0.1) is 11.3 Å². The second-order valence-corrected chi connectivity index (χ2v) is 12.6. The fourth-order valence-electron chi connectivity index (χ4n) is 4.97. The van der Waals surface area contributed by atoms with E-state index in [9.17, 15) is 41.9 Å². The van der Waals surface area contributed by atoms with E-state index in [1.54, 1.807) is 20.8 Å². The van der Waals surface area contributed by atoms with Crippen LogP contribution >= 0.6 is 0 Å². The van der Waals surface area contributed by atoms with Gasteiger partial charge in [-0.05, 0) is 30.6 Å². The number of urea groups is 1. The minimum absolute atomic E-state index is 0.0774. The minimum atomic E-state index is -4.64. The summed E-state index contributed by atoms with van der Waals surface area (Å²) in [6.45, 7) is 13.1. The standard InChI is InChI=1S/C29H45F3N6O7/c1-7-12-33-24(41)21(39)18(10-11-29(30,31)32)34-23(40)20-9-8-13-38(20)25(42)22(28(4,5)6)36-26(43)35-19(17(2)3)16-37-14-15-45-27(37)44/h7,17-20,22H,1,8-16H2,2-6H3,(H,33,41)(H,34,40)(H2,35,36,43)/t18?,19-,20+,22-/m1/s1. The molecular formula is C29H45F3N6O7. The normalized spacial score (nSPS) is 19.0. The van der Waals surface area contributed by atoms with Crippen molar-refractivity contribution in [1.82, 2.24) is 31.1 Å². The third kappa shape index (κ3) is 11.2. The molecule has 13 nitrogen and oxygen atoms in total. The highest BCUT2D eigenvalue weighted by atomic mass is 19.4. The molecule has 2 fully saturated rings. The van der Waals surface area contributed by atoms with E-state index in [1.807, 2.05) is 13.8 Å². The van der Waals surface area contributed by atoms with Crippen molar-refractivity contribution in [3.8, 4) is 0 Å².